The fraction of sp³-hybridized carbons (Fsp3) is 0.500. The zero-order valence-corrected chi connectivity index (χ0v) is 11.2. The lowest BCUT2D eigenvalue weighted by molar-refractivity contribution is 0.209. The van der Waals surface area contributed by atoms with Gasteiger partial charge >= 0.3 is 0 Å². The fourth-order valence-corrected chi connectivity index (χ4v) is 2.16. The molecule has 0 unspecified atom stereocenters. The first-order chi connectivity index (χ1) is 8.63. The van der Waals surface area contributed by atoms with Crippen molar-refractivity contribution in [3.8, 4) is 0 Å². The number of aliphatic hydroxyl groups excluding tert-OH is 1. The van der Waals surface area contributed by atoms with E-state index in [0.717, 1.165) is 11.2 Å². The molecule has 0 aliphatic rings. The summed E-state index contributed by atoms with van der Waals surface area (Å²) in [5, 5.41) is 18.4. The largest absolute Gasteiger partial charge is 0.395 e. The molecule has 98 valence electrons. The average Bonchev–Trinajstić information content (AvgIpc) is 2.68. The maximum absolute atomic E-state index is 9.30. The molecule has 2 rings (SSSR count). The molecule has 0 spiro atoms. The summed E-state index contributed by atoms with van der Waals surface area (Å²) in [7, 11) is 1.96. The van der Waals surface area contributed by atoms with E-state index in [1.165, 1.54) is 5.39 Å². The number of rotatable bonds is 5. The summed E-state index contributed by atoms with van der Waals surface area (Å²) >= 11 is 0. The van der Waals surface area contributed by atoms with Crippen LogP contribution in [-0.2, 0) is 13.6 Å². The van der Waals surface area contributed by atoms with Crippen molar-refractivity contribution in [3.05, 3.63) is 30.0 Å². The first kappa shape index (κ1) is 13.1. The van der Waals surface area contributed by atoms with Crippen LogP contribution in [0.15, 0.2) is 24.3 Å². The van der Waals surface area contributed by atoms with Gasteiger partial charge in [-0.15, -0.1) is 0 Å². The minimum atomic E-state index is 0.116. The standard InChI is InChI=1S/C14H21N3O/c1-10(2)13(9-18)15-8-12-11-6-4-5-7-14(11)17(3)16-12/h4-7,10,13,15,18H,8-9H2,1-3H3/t13-/m1/s1. The van der Waals surface area contributed by atoms with E-state index in [4.69, 9.17) is 0 Å². The summed E-state index contributed by atoms with van der Waals surface area (Å²) in [5.74, 6) is 0.407. The van der Waals surface area contributed by atoms with Crippen molar-refractivity contribution in [1.82, 2.24) is 15.1 Å². The van der Waals surface area contributed by atoms with Gasteiger partial charge in [0.25, 0.3) is 0 Å². The molecular weight excluding hydrogens is 226 g/mol. The van der Waals surface area contributed by atoms with Crippen LogP contribution in [-0.4, -0.2) is 27.5 Å². The summed E-state index contributed by atoms with van der Waals surface area (Å²) in [6.45, 7) is 5.04. The van der Waals surface area contributed by atoms with Gasteiger partial charge in [-0.2, -0.15) is 5.10 Å². The molecule has 2 N–H and O–H groups in total. The van der Waals surface area contributed by atoms with Crippen molar-refractivity contribution >= 4 is 10.9 Å². The zero-order chi connectivity index (χ0) is 13.1. The molecule has 1 heterocycles. The Balaban J connectivity index is 2.17. The molecule has 1 atom stereocenters. The Morgan fingerprint density at radius 1 is 1.33 bits per heavy atom. The smallest absolute Gasteiger partial charge is 0.0841 e. The van der Waals surface area contributed by atoms with Crippen LogP contribution in [0.3, 0.4) is 0 Å². The fourth-order valence-electron chi connectivity index (χ4n) is 2.16. The van der Waals surface area contributed by atoms with Crippen molar-refractivity contribution in [2.24, 2.45) is 13.0 Å². The molecule has 2 aromatic rings. The molecule has 4 nitrogen and oxygen atoms in total. The Labute approximate surface area is 108 Å². The van der Waals surface area contributed by atoms with Crippen LogP contribution < -0.4 is 5.32 Å². The lowest BCUT2D eigenvalue weighted by Gasteiger charge is -2.19. The molecule has 0 bridgehead atoms. The van der Waals surface area contributed by atoms with Gasteiger partial charge in [-0.25, -0.2) is 0 Å². The van der Waals surface area contributed by atoms with E-state index in [1.807, 2.05) is 23.9 Å². The molecule has 0 amide bonds. The van der Waals surface area contributed by atoms with Crippen LogP contribution in [0, 0.1) is 5.92 Å². The van der Waals surface area contributed by atoms with Gasteiger partial charge in [0.15, 0.2) is 0 Å². The van der Waals surface area contributed by atoms with Gasteiger partial charge in [-0.1, -0.05) is 32.0 Å². The first-order valence-corrected chi connectivity index (χ1v) is 6.38. The maximum Gasteiger partial charge on any atom is 0.0841 e. The summed E-state index contributed by atoms with van der Waals surface area (Å²) in [6.07, 6.45) is 0. The Hall–Kier alpha value is -1.39. The molecule has 0 radical (unpaired) electrons. The number of hydrogen-bond acceptors (Lipinski definition) is 3. The first-order valence-electron chi connectivity index (χ1n) is 6.38. The Morgan fingerprint density at radius 3 is 2.72 bits per heavy atom. The number of aryl methyl sites for hydroxylation is 1. The van der Waals surface area contributed by atoms with E-state index in [9.17, 15) is 5.11 Å². The number of para-hydroxylation sites is 1. The molecule has 0 saturated carbocycles. The lowest BCUT2D eigenvalue weighted by Crippen LogP contribution is -2.36. The normalized spacial score (nSPS) is 13.4. The van der Waals surface area contributed by atoms with Crippen LogP contribution >= 0.6 is 0 Å². The summed E-state index contributed by atoms with van der Waals surface area (Å²) in [5.41, 5.74) is 2.17. The van der Waals surface area contributed by atoms with Gasteiger partial charge in [0, 0.05) is 25.0 Å². The van der Waals surface area contributed by atoms with Gasteiger partial charge in [-0.05, 0) is 12.0 Å². The molecule has 4 heteroatoms. The van der Waals surface area contributed by atoms with Crippen molar-refractivity contribution in [1.29, 1.82) is 0 Å². The molecular formula is C14H21N3O. The van der Waals surface area contributed by atoms with Crippen LogP contribution in [0.1, 0.15) is 19.5 Å². The molecule has 18 heavy (non-hydrogen) atoms. The van der Waals surface area contributed by atoms with E-state index in [-0.39, 0.29) is 12.6 Å². The third-order valence-electron chi connectivity index (χ3n) is 3.37. The predicted molar refractivity (Wildman–Crippen MR) is 73.3 cm³/mol. The summed E-state index contributed by atoms with van der Waals surface area (Å²) in [6, 6.07) is 8.32. The number of aliphatic hydroxyl groups is 1. The second kappa shape index (κ2) is 5.50. The highest BCUT2D eigenvalue weighted by molar-refractivity contribution is 5.81. The molecule has 1 aromatic heterocycles. The summed E-state index contributed by atoms with van der Waals surface area (Å²) in [4.78, 5) is 0. The highest BCUT2D eigenvalue weighted by Gasteiger charge is 2.13. The van der Waals surface area contributed by atoms with E-state index in [0.29, 0.717) is 12.5 Å². The summed E-state index contributed by atoms with van der Waals surface area (Å²) < 4.78 is 1.90. The molecule has 0 aliphatic carbocycles. The minimum Gasteiger partial charge on any atom is -0.395 e. The van der Waals surface area contributed by atoms with Gasteiger partial charge < -0.3 is 10.4 Å². The third kappa shape index (κ3) is 2.54. The third-order valence-corrected chi connectivity index (χ3v) is 3.37. The van der Waals surface area contributed by atoms with Crippen molar-refractivity contribution < 1.29 is 5.11 Å². The van der Waals surface area contributed by atoms with Gasteiger partial charge in [-0.3, -0.25) is 4.68 Å². The second-order valence-electron chi connectivity index (χ2n) is 5.00. The Morgan fingerprint density at radius 2 is 2.06 bits per heavy atom. The number of nitrogens with zero attached hydrogens (tertiary/aromatic N) is 2. The van der Waals surface area contributed by atoms with E-state index >= 15 is 0 Å². The monoisotopic (exact) mass is 247 g/mol. The zero-order valence-electron chi connectivity index (χ0n) is 11.2. The molecule has 0 fully saturated rings. The van der Waals surface area contributed by atoms with Gasteiger partial charge in [0.05, 0.1) is 17.8 Å². The SMILES string of the molecule is CC(C)[C@@H](CO)NCc1nn(C)c2ccccc12. The Bertz CT molecular complexity index is 519. The highest BCUT2D eigenvalue weighted by Crippen LogP contribution is 2.17. The van der Waals surface area contributed by atoms with Crippen LogP contribution in [0.4, 0.5) is 0 Å². The van der Waals surface area contributed by atoms with E-state index < -0.39 is 0 Å². The van der Waals surface area contributed by atoms with Gasteiger partial charge in [0.1, 0.15) is 0 Å². The van der Waals surface area contributed by atoms with Crippen molar-refractivity contribution in [2.75, 3.05) is 6.61 Å². The van der Waals surface area contributed by atoms with Crippen LogP contribution in [0.25, 0.3) is 10.9 Å². The number of hydrogen-bond donors (Lipinski definition) is 2. The number of benzene rings is 1. The topological polar surface area (TPSA) is 50.1 Å². The molecule has 0 saturated heterocycles. The maximum atomic E-state index is 9.30. The minimum absolute atomic E-state index is 0.116. The van der Waals surface area contributed by atoms with Crippen LogP contribution in [0.2, 0.25) is 0 Å². The number of fused-ring (bicyclic) bond motifs is 1. The van der Waals surface area contributed by atoms with Crippen molar-refractivity contribution in [3.63, 3.8) is 0 Å². The van der Waals surface area contributed by atoms with E-state index in [1.54, 1.807) is 0 Å². The highest BCUT2D eigenvalue weighted by atomic mass is 16.3. The number of nitrogens with one attached hydrogen (secondary N) is 1. The number of aromatic nitrogens is 2. The Kier molecular flexibility index (Phi) is 3.99. The lowest BCUT2D eigenvalue weighted by atomic mass is 10.1. The van der Waals surface area contributed by atoms with Crippen molar-refractivity contribution in [2.45, 2.75) is 26.4 Å². The predicted octanol–water partition coefficient (Wildman–Crippen LogP) is 1.68. The second-order valence-corrected chi connectivity index (χ2v) is 5.00. The molecule has 1 aromatic carbocycles. The molecule has 0 aliphatic heterocycles. The van der Waals surface area contributed by atoms with E-state index in [2.05, 4.69) is 36.4 Å². The van der Waals surface area contributed by atoms with Crippen LogP contribution in [0.5, 0.6) is 0 Å². The average molecular weight is 247 g/mol. The quantitative estimate of drug-likeness (QED) is 0.845. The van der Waals surface area contributed by atoms with Gasteiger partial charge in [0.2, 0.25) is 0 Å².